The number of carbonyl (C=O) groups excluding carboxylic acids is 1. The second-order valence-corrected chi connectivity index (χ2v) is 8.69. The maximum Gasteiger partial charge on any atom is 0.264 e. The first kappa shape index (κ1) is 21.4. The maximum absolute atomic E-state index is 13.9. The fraction of sp³-hybridized carbons (Fsp3) is 0.0909. The second kappa shape index (κ2) is 8.04. The number of fused-ring (bicyclic) bond motifs is 1. The Morgan fingerprint density at radius 2 is 1.72 bits per heavy atom. The van der Waals surface area contributed by atoms with E-state index in [9.17, 15) is 22.0 Å². The third-order valence-electron chi connectivity index (χ3n) is 4.95. The Labute approximate surface area is 182 Å². The molecule has 0 bridgehead atoms. The number of hydrogen-bond donors (Lipinski definition) is 2. The first-order valence-corrected chi connectivity index (χ1v) is 10.9. The minimum atomic E-state index is -4.26. The number of imidazole rings is 1. The lowest BCUT2D eigenvalue weighted by atomic mass is 10.1. The quantitative estimate of drug-likeness (QED) is 0.479. The highest BCUT2D eigenvalue weighted by Gasteiger charge is 2.20. The molecule has 0 atom stereocenters. The van der Waals surface area contributed by atoms with Crippen molar-refractivity contribution in [3.63, 3.8) is 0 Å². The number of sulfonamides is 1. The summed E-state index contributed by atoms with van der Waals surface area (Å²) in [5.74, 6) is -1.63. The summed E-state index contributed by atoms with van der Waals surface area (Å²) in [6, 6.07) is 13.9. The second-order valence-electron chi connectivity index (χ2n) is 7.03. The normalized spacial score (nSPS) is 11.5. The molecule has 2 N–H and O–H groups in total. The van der Waals surface area contributed by atoms with Crippen molar-refractivity contribution in [3.05, 3.63) is 77.9 Å². The lowest BCUT2D eigenvalue weighted by molar-refractivity contribution is 0.0963. The van der Waals surface area contributed by atoms with E-state index in [4.69, 9.17) is 0 Å². The molecule has 4 aromatic rings. The highest BCUT2D eigenvalue weighted by Crippen LogP contribution is 2.27. The Morgan fingerprint density at radius 1 is 1.00 bits per heavy atom. The number of amides is 1. The van der Waals surface area contributed by atoms with Crippen LogP contribution in [0.5, 0.6) is 0 Å². The van der Waals surface area contributed by atoms with Crippen molar-refractivity contribution in [1.29, 1.82) is 0 Å². The largest absolute Gasteiger partial charge is 0.355 e. The zero-order chi connectivity index (χ0) is 23.0. The molecule has 0 unspecified atom stereocenters. The molecule has 0 saturated carbocycles. The van der Waals surface area contributed by atoms with E-state index >= 15 is 0 Å². The number of hydrogen-bond acceptors (Lipinski definition) is 4. The van der Waals surface area contributed by atoms with E-state index in [0.29, 0.717) is 23.0 Å². The van der Waals surface area contributed by atoms with Gasteiger partial charge in [-0.15, -0.1) is 0 Å². The van der Waals surface area contributed by atoms with E-state index in [1.54, 1.807) is 37.4 Å². The molecule has 0 aliphatic heterocycles. The van der Waals surface area contributed by atoms with Crippen LogP contribution in [-0.2, 0) is 17.1 Å². The van der Waals surface area contributed by atoms with E-state index in [2.05, 4.69) is 15.0 Å². The molecule has 1 amide bonds. The van der Waals surface area contributed by atoms with Crippen LogP contribution in [0.3, 0.4) is 0 Å². The van der Waals surface area contributed by atoms with Crippen molar-refractivity contribution in [2.24, 2.45) is 7.05 Å². The van der Waals surface area contributed by atoms with Gasteiger partial charge in [-0.1, -0.05) is 12.1 Å². The molecule has 0 spiro atoms. The summed E-state index contributed by atoms with van der Waals surface area (Å²) >= 11 is 0. The topological polar surface area (TPSA) is 93.1 Å². The molecule has 0 saturated heterocycles. The molecule has 4 rings (SSSR count). The number of carbonyl (C=O) groups is 1. The molecular weight excluding hydrogens is 438 g/mol. The number of aromatic nitrogens is 2. The summed E-state index contributed by atoms with van der Waals surface area (Å²) in [5.41, 5.74) is 2.72. The Kier molecular flexibility index (Phi) is 5.39. The van der Waals surface area contributed by atoms with Crippen molar-refractivity contribution in [1.82, 2.24) is 14.9 Å². The van der Waals surface area contributed by atoms with Gasteiger partial charge in [-0.25, -0.2) is 22.2 Å². The third kappa shape index (κ3) is 3.92. The summed E-state index contributed by atoms with van der Waals surface area (Å²) in [7, 11) is -0.896. The predicted octanol–water partition coefficient (Wildman–Crippen LogP) is 3.68. The molecule has 1 aromatic heterocycles. The van der Waals surface area contributed by atoms with E-state index in [1.807, 2.05) is 11.6 Å². The van der Waals surface area contributed by atoms with Crippen LogP contribution in [-0.4, -0.2) is 30.9 Å². The van der Waals surface area contributed by atoms with Gasteiger partial charge in [0.25, 0.3) is 15.9 Å². The zero-order valence-corrected chi connectivity index (χ0v) is 17.9. The molecule has 32 heavy (non-hydrogen) atoms. The van der Waals surface area contributed by atoms with Crippen LogP contribution in [0.4, 0.5) is 14.5 Å². The lowest BCUT2D eigenvalue weighted by Crippen LogP contribution is -2.17. The minimum absolute atomic E-state index is 0.181. The van der Waals surface area contributed by atoms with E-state index in [-0.39, 0.29) is 11.6 Å². The summed E-state index contributed by atoms with van der Waals surface area (Å²) in [6.07, 6.45) is 0. The first-order valence-electron chi connectivity index (χ1n) is 9.46. The molecule has 7 nitrogen and oxygen atoms in total. The molecule has 0 radical (unpaired) electrons. The van der Waals surface area contributed by atoms with Crippen molar-refractivity contribution >= 4 is 32.7 Å². The van der Waals surface area contributed by atoms with Crippen LogP contribution in [0.15, 0.2) is 65.6 Å². The van der Waals surface area contributed by atoms with Gasteiger partial charge in [-0.2, -0.15) is 0 Å². The van der Waals surface area contributed by atoms with Crippen LogP contribution in [0.1, 0.15) is 10.4 Å². The minimum Gasteiger partial charge on any atom is -0.355 e. The molecular formula is C22H18F2N4O3S. The van der Waals surface area contributed by atoms with E-state index in [1.165, 1.54) is 12.1 Å². The maximum atomic E-state index is 13.9. The van der Waals surface area contributed by atoms with E-state index < -0.39 is 26.6 Å². The highest BCUT2D eigenvalue weighted by atomic mass is 32.2. The lowest BCUT2D eigenvalue weighted by Gasteiger charge is -2.09. The Hall–Kier alpha value is -3.79. The number of nitrogens with one attached hydrogen (secondary N) is 2. The standard InChI is InChI=1S/C22H18F2N4O3S/c1-25-22(29)14-5-3-13(4-6-14)21-26-18-12-16(8-9-19(18)28(21)2)27-32(30,31)20-10-7-15(23)11-17(20)24/h3-12,27H,1-2H3,(H,25,29). The fourth-order valence-electron chi connectivity index (χ4n) is 3.34. The Morgan fingerprint density at radius 3 is 2.38 bits per heavy atom. The molecule has 0 fully saturated rings. The SMILES string of the molecule is CNC(=O)c1ccc(-c2nc3cc(NS(=O)(=O)c4ccc(F)cc4F)ccc3n2C)cc1. The van der Waals surface area contributed by atoms with Crippen molar-refractivity contribution in [3.8, 4) is 11.4 Å². The number of nitrogens with zero attached hydrogens (tertiary/aromatic N) is 2. The monoisotopic (exact) mass is 456 g/mol. The third-order valence-corrected chi connectivity index (χ3v) is 6.36. The Balaban J connectivity index is 1.67. The van der Waals surface area contributed by atoms with Crippen LogP contribution in [0, 0.1) is 11.6 Å². The number of halogens is 2. The average molecular weight is 456 g/mol. The summed E-state index contributed by atoms with van der Waals surface area (Å²) in [4.78, 5) is 15.6. The first-order chi connectivity index (χ1) is 15.2. The fourth-order valence-corrected chi connectivity index (χ4v) is 4.45. The summed E-state index contributed by atoms with van der Waals surface area (Å²) < 4.78 is 56.3. The van der Waals surface area contributed by atoms with Crippen LogP contribution in [0.25, 0.3) is 22.4 Å². The molecule has 0 aliphatic carbocycles. The number of benzene rings is 3. The van der Waals surface area contributed by atoms with Gasteiger partial charge in [-0.05, 0) is 42.5 Å². The molecule has 10 heteroatoms. The van der Waals surface area contributed by atoms with Gasteiger partial charge in [0.1, 0.15) is 22.4 Å². The van der Waals surface area contributed by atoms with Gasteiger partial charge in [0.15, 0.2) is 0 Å². The van der Waals surface area contributed by atoms with Gasteiger partial charge >= 0.3 is 0 Å². The summed E-state index contributed by atoms with van der Waals surface area (Å²) in [6.45, 7) is 0. The van der Waals surface area contributed by atoms with Gasteiger partial charge in [0, 0.05) is 31.3 Å². The number of rotatable bonds is 5. The van der Waals surface area contributed by atoms with Gasteiger partial charge in [0.05, 0.1) is 16.7 Å². The highest BCUT2D eigenvalue weighted by molar-refractivity contribution is 7.92. The van der Waals surface area contributed by atoms with Crippen molar-refractivity contribution in [2.45, 2.75) is 4.90 Å². The van der Waals surface area contributed by atoms with E-state index in [0.717, 1.165) is 23.2 Å². The van der Waals surface area contributed by atoms with Gasteiger partial charge in [0.2, 0.25) is 0 Å². The van der Waals surface area contributed by atoms with Gasteiger partial charge in [-0.3, -0.25) is 9.52 Å². The van der Waals surface area contributed by atoms with Crippen molar-refractivity contribution < 1.29 is 22.0 Å². The van der Waals surface area contributed by atoms with Crippen LogP contribution in [0.2, 0.25) is 0 Å². The van der Waals surface area contributed by atoms with Crippen molar-refractivity contribution in [2.75, 3.05) is 11.8 Å². The zero-order valence-electron chi connectivity index (χ0n) is 17.1. The molecule has 0 aliphatic rings. The van der Waals surface area contributed by atoms with Crippen LogP contribution < -0.4 is 10.0 Å². The average Bonchev–Trinajstić information content (AvgIpc) is 3.08. The smallest absolute Gasteiger partial charge is 0.264 e. The predicted molar refractivity (Wildman–Crippen MR) is 117 cm³/mol. The summed E-state index contributed by atoms with van der Waals surface area (Å²) in [5, 5.41) is 2.56. The molecule has 1 heterocycles. The number of anilines is 1. The van der Waals surface area contributed by atoms with Gasteiger partial charge < -0.3 is 9.88 Å². The Bertz CT molecular complexity index is 1450. The number of aryl methyl sites for hydroxylation is 1. The van der Waals surface area contributed by atoms with Crippen LogP contribution >= 0.6 is 0 Å². The molecule has 3 aromatic carbocycles. The molecule has 164 valence electrons.